The third-order valence-corrected chi connectivity index (χ3v) is 3.58. The molecule has 0 fully saturated rings. The van der Waals surface area contributed by atoms with Crippen LogP contribution in [0.1, 0.15) is 26.1 Å². The molecule has 0 radical (unpaired) electrons. The Morgan fingerprint density at radius 2 is 2.35 bits per heavy atom. The molecule has 0 bridgehead atoms. The van der Waals surface area contributed by atoms with Crippen LogP contribution in [0.5, 0.6) is 0 Å². The lowest BCUT2D eigenvalue weighted by Crippen LogP contribution is -2.42. The molecule has 6 nitrogen and oxygen atoms in total. The minimum Gasteiger partial charge on any atom is -0.465 e. The van der Waals surface area contributed by atoms with Gasteiger partial charge in [-0.2, -0.15) is 0 Å². The molecule has 112 valence electrons. The fraction of sp³-hybridized carbons (Fsp3) is 0.714. The summed E-state index contributed by atoms with van der Waals surface area (Å²) in [5.41, 5.74) is 0. The van der Waals surface area contributed by atoms with Crippen molar-refractivity contribution in [2.75, 3.05) is 26.2 Å². The summed E-state index contributed by atoms with van der Waals surface area (Å²) in [4.78, 5) is 18.5. The first kappa shape index (κ1) is 15.0. The lowest BCUT2D eigenvalue weighted by Gasteiger charge is -2.28. The number of esters is 1. The molecule has 1 N–H and O–H groups in total. The number of likely N-dealkylation sites (N-methyl/N-ethyl adjacent to an activating group) is 1. The SMILES string of the molecule is CCNC(CCN1CCn2ccnc2C1)C(=O)OCC. The van der Waals surface area contributed by atoms with Crippen LogP contribution < -0.4 is 5.32 Å². The first-order valence-electron chi connectivity index (χ1n) is 7.37. The molecule has 1 aliphatic heterocycles. The molecule has 0 aromatic carbocycles. The second-order valence-electron chi connectivity index (χ2n) is 4.96. The van der Waals surface area contributed by atoms with Crippen molar-refractivity contribution >= 4 is 5.97 Å². The van der Waals surface area contributed by atoms with E-state index in [4.69, 9.17) is 4.74 Å². The number of rotatable bonds is 7. The zero-order valence-corrected chi connectivity index (χ0v) is 12.3. The van der Waals surface area contributed by atoms with E-state index >= 15 is 0 Å². The predicted molar refractivity (Wildman–Crippen MR) is 76.2 cm³/mol. The summed E-state index contributed by atoms with van der Waals surface area (Å²) in [5, 5.41) is 3.20. The highest BCUT2D eigenvalue weighted by Crippen LogP contribution is 2.11. The second-order valence-corrected chi connectivity index (χ2v) is 4.96. The van der Waals surface area contributed by atoms with Crippen LogP contribution in [0.2, 0.25) is 0 Å². The molecule has 20 heavy (non-hydrogen) atoms. The summed E-state index contributed by atoms with van der Waals surface area (Å²) in [6.07, 6.45) is 4.64. The number of carbonyl (C=O) groups is 1. The first-order valence-corrected chi connectivity index (χ1v) is 7.37. The average Bonchev–Trinajstić information content (AvgIpc) is 2.91. The molecule has 0 amide bonds. The van der Waals surface area contributed by atoms with E-state index in [-0.39, 0.29) is 12.0 Å². The Morgan fingerprint density at radius 1 is 1.50 bits per heavy atom. The Morgan fingerprint density at radius 3 is 3.10 bits per heavy atom. The molecule has 0 spiro atoms. The highest BCUT2D eigenvalue weighted by Gasteiger charge is 2.22. The number of hydrogen-bond donors (Lipinski definition) is 1. The van der Waals surface area contributed by atoms with E-state index in [9.17, 15) is 4.79 Å². The monoisotopic (exact) mass is 280 g/mol. The normalized spacial score (nSPS) is 16.7. The molecule has 2 heterocycles. The molecule has 1 aromatic rings. The topological polar surface area (TPSA) is 59.4 Å². The van der Waals surface area contributed by atoms with E-state index < -0.39 is 0 Å². The highest BCUT2D eigenvalue weighted by atomic mass is 16.5. The maximum Gasteiger partial charge on any atom is 0.323 e. The van der Waals surface area contributed by atoms with Gasteiger partial charge in [-0.3, -0.25) is 9.69 Å². The highest BCUT2D eigenvalue weighted by molar-refractivity contribution is 5.75. The van der Waals surface area contributed by atoms with Gasteiger partial charge in [-0.25, -0.2) is 4.98 Å². The number of aromatic nitrogens is 2. The van der Waals surface area contributed by atoms with E-state index in [0.29, 0.717) is 6.61 Å². The standard InChI is InChI=1S/C14H24N4O2/c1-3-15-12(14(19)20-4-2)5-7-17-9-10-18-8-6-16-13(18)11-17/h6,8,12,15H,3-5,7,9-11H2,1-2H3. The van der Waals surface area contributed by atoms with Gasteiger partial charge >= 0.3 is 5.97 Å². The van der Waals surface area contributed by atoms with Crippen molar-refractivity contribution in [3.63, 3.8) is 0 Å². The van der Waals surface area contributed by atoms with Gasteiger partial charge in [0.1, 0.15) is 11.9 Å². The maximum absolute atomic E-state index is 11.8. The van der Waals surface area contributed by atoms with Gasteiger partial charge in [0.25, 0.3) is 0 Å². The molecular formula is C14H24N4O2. The molecule has 1 aromatic heterocycles. The largest absolute Gasteiger partial charge is 0.465 e. The molecule has 2 rings (SSSR count). The average molecular weight is 280 g/mol. The molecule has 1 atom stereocenters. The van der Waals surface area contributed by atoms with Crippen molar-refractivity contribution in [2.24, 2.45) is 0 Å². The van der Waals surface area contributed by atoms with E-state index in [1.807, 2.05) is 26.2 Å². The van der Waals surface area contributed by atoms with E-state index in [0.717, 1.165) is 45.0 Å². The fourth-order valence-electron chi connectivity index (χ4n) is 2.52. The lowest BCUT2D eigenvalue weighted by atomic mass is 10.2. The maximum atomic E-state index is 11.8. The summed E-state index contributed by atoms with van der Waals surface area (Å²) < 4.78 is 7.29. The van der Waals surface area contributed by atoms with Crippen molar-refractivity contribution in [2.45, 2.75) is 39.4 Å². The van der Waals surface area contributed by atoms with Crippen LogP contribution in [0.15, 0.2) is 12.4 Å². The van der Waals surface area contributed by atoms with Crippen LogP contribution in [-0.4, -0.2) is 52.7 Å². The Bertz CT molecular complexity index is 433. The molecule has 6 heteroatoms. The zero-order chi connectivity index (χ0) is 14.4. The second kappa shape index (κ2) is 7.40. The summed E-state index contributed by atoms with van der Waals surface area (Å²) in [7, 11) is 0. The Hall–Kier alpha value is -1.40. The van der Waals surface area contributed by atoms with Crippen LogP contribution >= 0.6 is 0 Å². The quantitative estimate of drug-likeness (QED) is 0.742. The van der Waals surface area contributed by atoms with Crippen molar-refractivity contribution in [1.29, 1.82) is 0 Å². The number of nitrogens with one attached hydrogen (secondary N) is 1. The van der Waals surface area contributed by atoms with Crippen molar-refractivity contribution in [1.82, 2.24) is 19.8 Å². The fourth-order valence-corrected chi connectivity index (χ4v) is 2.52. The van der Waals surface area contributed by atoms with Gasteiger partial charge in [0, 0.05) is 32.0 Å². The van der Waals surface area contributed by atoms with Gasteiger partial charge in [-0.15, -0.1) is 0 Å². The van der Waals surface area contributed by atoms with Gasteiger partial charge in [0.05, 0.1) is 13.2 Å². The van der Waals surface area contributed by atoms with Crippen molar-refractivity contribution < 1.29 is 9.53 Å². The third kappa shape index (κ3) is 3.80. The Labute approximate surface area is 120 Å². The van der Waals surface area contributed by atoms with Gasteiger partial charge < -0.3 is 14.6 Å². The molecule has 0 saturated heterocycles. The summed E-state index contributed by atoms with van der Waals surface area (Å²) >= 11 is 0. The first-order chi connectivity index (χ1) is 9.74. The van der Waals surface area contributed by atoms with E-state index in [1.165, 1.54) is 0 Å². The zero-order valence-electron chi connectivity index (χ0n) is 12.3. The van der Waals surface area contributed by atoms with Gasteiger partial charge in [-0.05, 0) is 19.9 Å². The molecule has 0 saturated carbocycles. The van der Waals surface area contributed by atoms with Crippen molar-refractivity contribution in [3.05, 3.63) is 18.2 Å². The number of hydrogen-bond acceptors (Lipinski definition) is 5. The van der Waals surface area contributed by atoms with Crippen LogP contribution in [0.4, 0.5) is 0 Å². The van der Waals surface area contributed by atoms with E-state index in [1.54, 1.807) is 0 Å². The molecule has 0 aliphatic carbocycles. The summed E-state index contributed by atoms with van der Waals surface area (Å²) in [6.45, 7) is 8.76. The predicted octanol–water partition coefficient (Wildman–Crippen LogP) is 0.630. The van der Waals surface area contributed by atoms with Crippen LogP contribution in [-0.2, 0) is 22.6 Å². The summed E-state index contributed by atoms with van der Waals surface area (Å²) in [5.74, 6) is 0.959. The Balaban J connectivity index is 1.82. The number of imidazole rings is 1. The third-order valence-electron chi connectivity index (χ3n) is 3.58. The Kier molecular flexibility index (Phi) is 5.55. The number of nitrogens with zero attached hydrogens (tertiary/aromatic N) is 3. The molecular weight excluding hydrogens is 256 g/mol. The van der Waals surface area contributed by atoms with Crippen molar-refractivity contribution in [3.8, 4) is 0 Å². The van der Waals surface area contributed by atoms with Gasteiger partial charge in [0.15, 0.2) is 0 Å². The molecule has 1 unspecified atom stereocenters. The number of ether oxygens (including phenoxy) is 1. The van der Waals surface area contributed by atoms with Gasteiger partial charge in [-0.1, -0.05) is 6.92 Å². The van der Waals surface area contributed by atoms with E-state index in [2.05, 4.69) is 19.8 Å². The smallest absolute Gasteiger partial charge is 0.323 e. The van der Waals surface area contributed by atoms with Crippen LogP contribution in [0.3, 0.4) is 0 Å². The molecule has 1 aliphatic rings. The summed E-state index contributed by atoms with van der Waals surface area (Å²) in [6, 6.07) is -0.207. The van der Waals surface area contributed by atoms with Crippen LogP contribution in [0, 0.1) is 0 Å². The van der Waals surface area contributed by atoms with Crippen LogP contribution in [0.25, 0.3) is 0 Å². The minimum absolute atomic E-state index is 0.146. The van der Waals surface area contributed by atoms with Gasteiger partial charge in [0.2, 0.25) is 0 Å². The minimum atomic E-state index is -0.207. The number of fused-ring (bicyclic) bond motifs is 1. The lowest BCUT2D eigenvalue weighted by molar-refractivity contribution is -0.145. The number of carbonyl (C=O) groups excluding carboxylic acids is 1.